The Morgan fingerprint density at radius 3 is 2.00 bits per heavy atom. The Morgan fingerprint density at radius 2 is 1.38 bits per heavy atom. The molecule has 0 atom stereocenters. The van der Waals surface area contributed by atoms with Crippen LogP contribution in [0.2, 0.25) is 19.6 Å². The predicted octanol–water partition coefficient (Wildman–Crippen LogP) is 6.21. The maximum absolute atomic E-state index is 6.29. The molecule has 24 heavy (non-hydrogen) atoms. The SMILES string of the molecule is CCc1ccc(Cc2ccc(O[Si](C)(C)C)c3ccccc23)cc1. The highest BCUT2D eigenvalue weighted by atomic mass is 28.4. The molecule has 0 aromatic heterocycles. The molecular formula is C22H26OSi. The Morgan fingerprint density at radius 1 is 0.750 bits per heavy atom. The minimum atomic E-state index is -1.62. The van der Waals surface area contributed by atoms with Crippen LogP contribution in [-0.4, -0.2) is 8.32 Å². The smallest absolute Gasteiger partial charge is 0.242 e. The van der Waals surface area contributed by atoms with Crippen LogP contribution in [0.5, 0.6) is 5.75 Å². The van der Waals surface area contributed by atoms with Crippen molar-refractivity contribution in [1.82, 2.24) is 0 Å². The zero-order valence-electron chi connectivity index (χ0n) is 15.1. The van der Waals surface area contributed by atoms with E-state index >= 15 is 0 Å². The van der Waals surface area contributed by atoms with Crippen molar-refractivity contribution in [2.45, 2.75) is 39.4 Å². The lowest BCUT2D eigenvalue weighted by atomic mass is 9.97. The number of benzene rings is 3. The summed E-state index contributed by atoms with van der Waals surface area (Å²) < 4.78 is 6.29. The molecule has 0 saturated carbocycles. The number of fused-ring (bicyclic) bond motifs is 1. The van der Waals surface area contributed by atoms with Crippen LogP contribution in [0.4, 0.5) is 0 Å². The van der Waals surface area contributed by atoms with Gasteiger partial charge < -0.3 is 4.43 Å². The first-order valence-electron chi connectivity index (χ1n) is 8.74. The van der Waals surface area contributed by atoms with Crippen LogP contribution in [0.1, 0.15) is 23.6 Å². The summed E-state index contributed by atoms with van der Waals surface area (Å²) in [6.07, 6.45) is 2.05. The lowest BCUT2D eigenvalue weighted by molar-refractivity contribution is 0.564. The van der Waals surface area contributed by atoms with Crippen molar-refractivity contribution in [2.24, 2.45) is 0 Å². The molecular weight excluding hydrogens is 308 g/mol. The van der Waals surface area contributed by atoms with Crippen LogP contribution < -0.4 is 4.43 Å². The Labute approximate surface area is 146 Å². The van der Waals surface area contributed by atoms with Crippen molar-refractivity contribution in [3.8, 4) is 5.75 Å². The number of hydrogen-bond donors (Lipinski definition) is 0. The van der Waals surface area contributed by atoms with Gasteiger partial charge in [-0.2, -0.15) is 0 Å². The van der Waals surface area contributed by atoms with E-state index in [1.165, 1.54) is 27.5 Å². The van der Waals surface area contributed by atoms with Crippen LogP contribution in [0, 0.1) is 0 Å². The fraction of sp³-hybridized carbons (Fsp3) is 0.273. The zero-order valence-corrected chi connectivity index (χ0v) is 16.1. The van der Waals surface area contributed by atoms with Gasteiger partial charge in [-0.15, -0.1) is 0 Å². The number of rotatable bonds is 5. The van der Waals surface area contributed by atoms with E-state index < -0.39 is 8.32 Å². The molecule has 0 spiro atoms. The molecule has 0 heterocycles. The summed E-state index contributed by atoms with van der Waals surface area (Å²) in [4.78, 5) is 0. The summed E-state index contributed by atoms with van der Waals surface area (Å²) in [7, 11) is -1.62. The molecule has 0 N–H and O–H groups in total. The van der Waals surface area contributed by atoms with Gasteiger partial charge in [0.15, 0.2) is 0 Å². The van der Waals surface area contributed by atoms with E-state index in [0.29, 0.717) is 0 Å². The van der Waals surface area contributed by atoms with Crippen LogP contribution in [0.25, 0.3) is 10.8 Å². The molecule has 0 fully saturated rings. The van der Waals surface area contributed by atoms with Crippen molar-refractivity contribution in [1.29, 1.82) is 0 Å². The molecule has 3 rings (SSSR count). The van der Waals surface area contributed by atoms with Crippen LogP contribution >= 0.6 is 0 Å². The summed E-state index contributed by atoms with van der Waals surface area (Å²) in [5.41, 5.74) is 4.11. The normalized spacial score (nSPS) is 11.7. The summed E-state index contributed by atoms with van der Waals surface area (Å²) >= 11 is 0. The summed E-state index contributed by atoms with van der Waals surface area (Å²) in [5.74, 6) is 1.02. The molecule has 0 saturated heterocycles. The second kappa shape index (κ2) is 6.82. The van der Waals surface area contributed by atoms with Gasteiger partial charge in [0.2, 0.25) is 8.32 Å². The first-order chi connectivity index (χ1) is 11.5. The van der Waals surface area contributed by atoms with E-state index in [1.807, 2.05) is 0 Å². The highest BCUT2D eigenvalue weighted by molar-refractivity contribution is 6.70. The van der Waals surface area contributed by atoms with E-state index in [4.69, 9.17) is 4.43 Å². The van der Waals surface area contributed by atoms with Gasteiger partial charge in [0.1, 0.15) is 5.75 Å². The molecule has 124 valence electrons. The third kappa shape index (κ3) is 3.88. The predicted molar refractivity (Wildman–Crippen MR) is 107 cm³/mol. The molecule has 0 aliphatic heterocycles. The lowest BCUT2D eigenvalue weighted by Gasteiger charge is -2.21. The minimum Gasteiger partial charge on any atom is -0.544 e. The fourth-order valence-corrected chi connectivity index (χ4v) is 3.86. The first-order valence-corrected chi connectivity index (χ1v) is 12.1. The van der Waals surface area contributed by atoms with E-state index in [2.05, 4.69) is 87.2 Å². The van der Waals surface area contributed by atoms with Gasteiger partial charge in [-0.3, -0.25) is 0 Å². The third-order valence-corrected chi connectivity index (χ3v) is 5.05. The monoisotopic (exact) mass is 334 g/mol. The molecule has 1 nitrogen and oxygen atoms in total. The molecule has 0 aliphatic carbocycles. The quantitative estimate of drug-likeness (QED) is 0.504. The summed E-state index contributed by atoms with van der Waals surface area (Å²) in [6, 6.07) is 21.9. The van der Waals surface area contributed by atoms with Crippen molar-refractivity contribution < 1.29 is 4.43 Å². The molecule has 0 aliphatic rings. The molecule has 3 aromatic carbocycles. The largest absolute Gasteiger partial charge is 0.544 e. The van der Waals surface area contributed by atoms with Crippen molar-refractivity contribution in [3.05, 3.63) is 77.4 Å². The van der Waals surface area contributed by atoms with Gasteiger partial charge in [-0.05, 0) is 60.6 Å². The minimum absolute atomic E-state index is 0.956. The molecule has 2 heteroatoms. The fourth-order valence-electron chi connectivity index (χ4n) is 3.02. The average Bonchev–Trinajstić information content (AvgIpc) is 2.56. The highest BCUT2D eigenvalue weighted by Gasteiger charge is 2.18. The zero-order chi connectivity index (χ0) is 17.2. The Bertz CT molecular complexity index is 829. The van der Waals surface area contributed by atoms with Crippen molar-refractivity contribution in [2.75, 3.05) is 0 Å². The topological polar surface area (TPSA) is 9.23 Å². The highest BCUT2D eigenvalue weighted by Crippen LogP contribution is 2.31. The Balaban J connectivity index is 1.98. The average molecular weight is 335 g/mol. The van der Waals surface area contributed by atoms with E-state index in [1.54, 1.807) is 0 Å². The summed E-state index contributed by atoms with van der Waals surface area (Å²) in [5, 5.41) is 2.52. The summed E-state index contributed by atoms with van der Waals surface area (Å²) in [6.45, 7) is 8.88. The molecule has 0 amide bonds. The first kappa shape index (κ1) is 16.8. The van der Waals surface area contributed by atoms with Crippen molar-refractivity contribution in [3.63, 3.8) is 0 Å². The molecule has 0 radical (unpaired) electrons. The van der Waals surface area contributed by atoms with E-state index in [0.717, 1.165) is 18.6 Å². The maximum atomic E-state index is 6.29. The number of hydrogen-bond acceptors (Lipinski definition) is 1. The van der Waals surface area contributed by atoms with Gasteiger partial charge in [0.25, 0.3) is 0 Å². The van der Waals surface area contributed by atoms with Gasteiger partial charge in [-0.25, -0.2) is 0 Å². The Kier molecular flexibility index (Phi) is 4.77. The lowest BCUT2D eigenvalue weighted by Crippen LogP contribution is -2.29. The van der Waals surface area contributed by atoms with Gasteiger partial charge >= 0.3 is 0 Å². The second-order valence-electron chi connectivity index (χ2n) is 7.33. The van der Waals surface area contributed by atoms with Gasteiger partial charge in [0, 0.05) is 5.39 Å². The Hall–Kier alpha value is -2.06. The maximum Gasteiger partial charge on any atom is 0.242 e. The van der Waals surface area contributed by atoms with Gasteiger partial charge in [-0.1, -0.05) is 61.5 Å². The van der Waals surface area contributed by atoms with Gasteiger partial charge in [0.05, 0.1) is 0 Å². The molecule has 0 unspecified atom stereocenters. The van der Waals surface area contributed by atoms with E-state index in [-0.39, 0.29) is 0 Å². The third-order valence-electron chi connectivity index (χ3n) is 4.22. The van der Waals surface area contributed by atoms with Crippen LogP contribution in [-0.2, 0) is 12.8 Å². The second-order valence-corrected chi connectivity index (χ2v) is 11.8. The van der Waals surface area contributed by atoms with E-state index in [9.17, 15) is 0 Å². The molecule has 0 bridgehead atoms. The number of aryl methyl sites for hydroxylation is 1. The van der Waals surface area contributed by atoms with Crippen molar-refractivity contribution >= 4 is 19.1 Å². The standard InChI is InChI=1S/C22H26OSi/c1-5-17-10-12-18(13-11-17)16-19-14-15-22(23-24(2,3)4)21-9-7-6-8-20(19)21/h6-15H,5,16H2,1-4H3. The van der Waals surface area contributed by atoms with Crippen LogP contribution in [0.3, 0.4) is 0 Å². The van der Waals surface area contributed by atoms with Crippen LogP contribution in [0.15, 0.2) is 60.7 Å². The molecule has 3 aromatic rings.